The van der Waals surface area contributed by atoms with Crippen LogP contribution >= 0.6 is 0 Å². The first-order valence-corrected chi connectivity index (χ1v) is 8.18. The number of aromatic carboxylic acids is 1. The highest BCUT2D eigenvalue weighted by Gasteiger charge is 2.27. The normalized spacial score (nSPS) is 15.4. The molecule has 2 aromatic carbocycles. The molecule has 0 fully saturated rings. The highest BCUT2D eigenvalue weighted by Crippen LogP contribution is 2.41. The molecule has 0 aliphatic heterocycles. The standard InChI is InChI=1S/C21H23NO2/c1-14-11-12-21(2,3)19-13-17(9-10-18(14)19)22(4)16-7-5-15(6-8-16)20(23)24/h5-11,13H,12H2,1-4H3,(H,23,24). The Morgan fingerprint density at radius 1 is 1.08 bits per heavy atom. The second kappa shape index (κ2) is 5.82. The minimum absolute atomic E-state index is 0.124. The van der Waals surface area contributed by atoms with Gasteiger partial charge in [-0.05, 0) is 71.9 Å². The second-order valence-electron chi connectivity index (χ2n) is 7.12. The topological polar surface area (TPSA) is 40.5 Å². The molecule has 3 heteroatoms. The molecule has 0 aromatic heterocycles. The molecule has 24 heavy (non-hydrogen) atoms. The summed E-state index contributed by atoms with van der Waals surface area (Å²) in [5.74, 6) is -0.901. The summed E-state index contributed by atoms with van der Waals surface area (Å²) in [4.78, 5) is 13.1. The number of anilines is 2. The molecule has 0 atom stereocenters. The first kappa shape index (κ1) is 16.3. The lowest BCUT2D eigenvalue weighted by atomic mass is 9.73. The van der Waals surface area contributed by atoms with E-state index in [2.05, 4.69) is 49.9 Å². The van der Waals surface area contributed by atoms with E-state index in [4.69, 9.17) is 5.11 Å². The monoisotopic (exact) mass is 321 g/mol. The maximum absolute atomic E-state index is 11.0. The predicted octanol–water partition coefficient (Wildman–Crippen LogP) is 5.24. The van der Waals surface area contributed by atoms with Gasteiger partial charge in [0.1, 0.15) is 0 Å². The van der Waals surface area contributed by atoms with Gasteiger partial charge in [-0.2, -0.15) is 0 Å². The van der Waals surface area contributed by atoms with E-state index in [9.17, 15) is 4.79 Å². The molecular formula is C21H23NO2. The third-order valence-electron chi connectivity index (χ3n) is 4.96. The summed E-state index contributed by atoms with van der Waals surface area (Å²) >= 11 is 0. The van der Waals surface area contributed by atoms with Crippen molar-refractivity contribution in [2.24, 2.45) is 0 Å². The minimum Gasteiger partial charge on any atom is -0.478 e. The SMILES string of the molecule is CC1=CCC(C)(C)c2cc(N(C)c3ccc(C(=O)O)cc3)ccc21. The van der Waals surface area contributed by atoms with Crippen LogP contribution in [0.2, 0.25) is 0 Å². The van der Waals surface area contributed by atoms with Gasteiger partial charge in [0, 0.05) is 18.4 Å². The van der Waals surface area contributed by atoms with E-state index < -0.39 is 5.97 Å². The molecule has 2 aromatic rings. The van der Waals surface area contributed by atoms with Crippen molar-refractivity contribution < 1.29 is 9.90 Å². The zero-order chi connectivity index (χ0) is 17.5. The Morgan fingerprint density at radius 2 is 1.71 bits per heavy atom. The number of carbonyl (C=O) groups is 1. The molecule has 0 heterocycles. The van der Waals surface area contributed by atoms with Crippen LogP contribution < -0.4 is 4.90 Å². The Bertz CT molecular complexity index is 816. The summed E-state index contributed by atoms with van der Waals surface area (Å²) in [6.07, 6.45) is 3.36. The molecule has 124 valence electrons. The van der Waals surface area contributed by atoms with E-state index in [1.54, 1.807) is 12.1 Å². The number of nitrogens with zero attached hydrogens (tertiary/aromatic N) is 1. The van der Waals surface area contributed by atoms with Crippen LogP contribution in [0.25, 0.3) is 5.57 Å². The van der Waals surface area contributed by atoms with Crippen molar-refractivity contribution in [2.75, 3.05) is 11.9 Å². The van der Waals surface area contributed by atoms with Gasteiger partial charge >= 0.3 is 5.97 Å². The van der Waals surface area contributed by atoms with Gasteiger partial charge in [-0.1, -0.05) is 26.0 Å². The zero-order valence-corrected chi connectivity index (χ0v) is 14.6. The smallest absolute Gasteiger partial charge is 0.335 e. The molecule has 3 nitrogen and oxygen atoms in total. The molecule has 0 amide bonds. The van der Waals surface area contributed by atoms with E-state index >= 15 is 0 Å². The van der Waals surface area contributed by atoms with Crippen LogP contribution in [0.15, 0.2) is 48.5 Å². The lowest BCUT2D eigenvalue weighted by Crippen LogP contribution is -2.22. The Balaban J connectivity index is 1.98. The molecule has 1 aliphatic carbocycles. The lowest BCUT2D eigenvalue weighted by Gasteiger charge is -2.33. The van der Waals surface area contributed by atoms with Crippen molar-refractivity contribution in [1.82, 2.24) is 0 Å². The third-order valence-corrected chi connectivity index (χ3v) is 4.96. The number of benzene rings is 2. The van der Waals surface area contributed by atoms with Crippen LogP contribution in [0.5, 0.6) is 0 Å². The highest BCUT2D eigenvalue weighted by atomic mass is 16.4. The molecule has 1 N–H and O–H groups in total. The highest BCUT2D eigenvalue weighted by molar-refractivity contribution is 5.88. The average molecular weight is 321 g/mol. The van der Waals surface area contributed by atoms with Crippen LogP contribution in [-0.4, -0.2) is 18.1 Å². The minimum atomic E-state index is -0.901. The summed E-state index contributed by atoms with van der Waals surface area (Å²) in [7, 11) is 2.01. The van der Waals surface area contributed by atoms with Crippen LogP contribution in [0.4, 0.5) is 11.4 Å². The maximum atomic E-state index is 11.0. The van der Waals surface area contributed by atoms with Gasteiger partial charge in [0.05, 0.1) is 5.56 Å². The Hall–Kier alpha value is -2.55. The van der Waals surface area contributed by atoms with E-state index in [1.807, 2.05) is 19.2 Å². The van der Waals surface area contributed by atoms with Crippen molar-refractivity contribution in [3.8, 4) is 0 Å². The van der Waals surface area contributed by atoms with E-state index in [0.717, 1.165) is 17.8 Å². The summed E-state index contributed by atoms with van der Waals surface area (Å²) in [5, 5.41) is 9.03. The molecular weight excluding hydrogens is 298 g/mol. The quantitative estimate of drug-likeness (QED) is 0.840. The fourth-order valence-corrected chi connectivity index (χ4v) is 3.25. The lowest BCUT2D eigenvalue weighted by molar-refractivity contribution is 0.0697. The molecule has 0 unspecified atom stereocenters. The molecule has 0 radical (unpaired) electrons. The number of hydrogen-bond donors (Lipinski definition) is 1. The molecule has 0 saturated carbocycles. The number of fused-ring (bicyclic) bond motifs is 1. The second-order valence-corrected chi connectivity index (χ2v) is 7.12. The van der Waals surface area contributed by atoms with Crippen LogP contribution in [0.3, 0.4) is 0 Å². The van der Waals surface area contributed by atoms with Gasteiger partial charge in [0.2, 0.25) is 0 Å². The first-order chi connectivity index (χ1) is 11.3. The van der Waals surface area contributed by atoms with Gasteiger partial charge in [0.25, 0.3) is 0 Å². The average Bonchev–Trinajstić information content (AvgIpc) is 2.58. The van der Waals surface area contributed by atoms with Crippen molar-refractivity contribution in [3.63, 3.8) is 0 Å². The van der Waals surface area contributed by atoms with Gasteiger partial charge < -0.3 is 10.0 Å². The first-order valence-electron chi connectivity index (χ1n) is 8.18. The summed E-state index contributed by atoms with van der Waals surface area (Å²) in [6, 6.07) is 13.6. The third kappa shape index (κ3) is 2.82. The number of carboxylic acid groups (broad SMARTS) is 1. The van der Waals surface area contributed by atoms with Crippen LogP contribution in [0.1, 0.15) is 48.7 Å². The molecule has 1 aliphatic rings. The van der Waals surface area contributed by atoms with Gasteiger partial charge in [0.15, 0.2) is 0 Å². The Kier molecular flexibility index (Phi) is 3.96. The number of rotatable bonds is 3. The van der Waals surface area contributed by atoms with Crippen molar-refractivity contribution >= 4 is 22.9 Å². The van der Waals surface area contributed by atoms with E-state index in [1.165, 1.54) is 16.7 Å². The molecule has 0 saturated heterocycles. The Labute approximate surface area is 143 Å². The van der Waals surface area contributed by atoms with E-state index in [-0.39, 0.29) is 5.41 Å². The largest absolute Gasteiger partial charge is 0.478 e. The Morgan fingerprint density at radius 3 is 2.33 bits per heavy atom. The van der Waals surface area contributed by atoms with Crippen molar-refractivity contribution in [1.29, 1.82) is 0 Å². The fraction of sp³-hybridized carbons (Fsp3) is 0.286. The summed E-state index contributed by atoms with van der Waals surface area (Å²) in [6.45, 7) is 6.72. The summed E-state index contributed by atoms with van der Waals surface area (Å²) < 4.78 is 0. The van der Waals surface area contributed by atoms with Crippen LogP contribution in [-0.2, 0) is 5.41 Å². The van der Waals surface area contributed by atoms with Gasteiger partial charge in [-0.25, -0.2) is 4.79 Å². The fourth-order valence-electron chi connectivity index (χ4n) is 3.25. The van der Waals surface area contributed by atoms with E-state index in [0.29, 0.717) is 5.56 Å². The number of allylic oxidation sites excluding steroid dienone is 2. The maximum Gasteiger partial charge on any atom is 0.335 e. The van der Waals surface area contributed by atoms with Gasteiger partial charge in [-0.3, -0.25) is 0 Å². The van der Waals surface area contributed by atoms with Crippen LogP contribution in [0, 0.1) is 0 Å². The van der Waals surface area contributed by atoms with Crippen molar-refractivity contribution in [3.05, 3.63) is 65.2 Å². The molecule has 0 bridgehead atoms. The van der Waals surface area contributed by atoms with Crippen molar-refractivity contribution in [2.45, 2.75) is 32.6 Å². The molecule has 3 rings (SSSR count). The predicted molar refractivity (Wildman–Crippen MR) is 99.2 cm³/mol. The van der Waals surface area contributed by atoms with Gasteiger partial charge in [-0.15, -0.1) is 0 Å². The molecule has 0 spiro atoms. The summed E-state index contributed by atoms with van der Waals surface area (Å²) in [5.41, 5.74) is 6.54. The zero-order valence-electron chi connectivity index (χ0n) is 14.6. The number of hydrogen-bond acceptors (Lipinski definition) is 2. The number of carboxylic acids is 1.